The third kappa shape index (κ3) is 2.20. The van der Waals surface area contributed by atoms with E-state index in [4.69, 9.17) is 5.26 Å². The van der Waals surface area contributed by atoms with Gasteiger partial charge in [-0.05, 0) is 4.92 Å². The van der Waals surface area contributed by atoms with Crippen LogP contribution < -0.4 is 5.56 Å². The molecule has 0 radical (unpaired) electrons. The predicted octanol–water partition coefficient (Wildman–Crippen LogP) is 1.29. The highest BCUT2D eigenvalue weighted by Crippen LogP contribution is 2.26. The summed E-state index contributed by atoms with van der Waals surface area (Å²) in [4.78, 5) is 22.2. The average Bonchev–Trinajstić information content (AvgIpc) is 2.19. The number of alkyl halides is 2. The van der Waals surface area contributed by atoms with Crippen LogP contribution in [-0.2, 0) is 6.42 Å². The summed E-state index contributed by atoms with van der Waals surface area (Å²) in [6, 6.07) is 2.09. The van der Waals surface area contributed by atoms with E-state index in [1.807, 2.05) is 4.98 Å². The summed E-state index contributed by atoms with van der Waals surface area (Å²) in [5, 5.41) is 18.9. The lowest BCUT2D eigenvalue weighted by molar-refractivity contribution is -0.390. The van der Waals surface area contributed by atoms with Gasteiger partial charge in [-0.3, -0.25) is 0 Å². The lowest BCUT2D eigenvalue weighted by atomic mass is 10.1. The van der Waals surface area contributed by atoms with Crippen LogP contribution in [0.2, 0.25) is 0 Å². The van der Waals surface area contributed by atoms with E-state index < -0.39 is 40.3 Å². The van der Waals surface area contributed by atoms with Crippen LogP contribution in [0, 0.1) is 21.4 Å². The van der Waals surface area contributed by atoms with Gasteiger partial charge < -0.3 is 10.1 Å². The van der Waals surface area contributed by atoms with Crippen LogP contribution in [0.3, 0.4) is 0 Å². The Kier molecular flexibility index (Phi) is 3.30. The van der Waals surface area contributed by atoms with Gasteiger partial charge in [0.25, 0.3) is 6.43 Å². The Morgan fingerprint density at radius 1 is 1.62 bits per heavy atom. The lowest BCUT2D eigenvalue weighted by Gasteiger charge is -2.05. The molecule has 1 rings (SSSR count). The maximum Gasteiger partial charge on any atom is 0.332 e. The number of hydrogen-bond donors (Lipinski definition) is 1. The average molecular weight is 229 g/mol. The van der Waals surface area contributed by atoms with Gasteiger partial charge in [-0.15, -0.1) is 0 Å². The van der Waals surface area contributed by atoms with E-state index in [2.05, 4.69) is 0 Å². The minimum Gasteiger partial charge on any atom is -0.358 e. The van der Waals surface area contributed by atoms with Crippen molar-refractivity contribution in [1.29, 1.82) is 5.26 Å². The summed E-state index contributed by atoms with van der Waals surface area (Å²) in [6.07, 6.45) is -3.60. The quantitative estimate of drug-likeness (QED) is 0.623. The van der Waals surface area contributed by atoms with Crippen molar-refractivity contribution in [2.45, 2.75) is 12.8 Å². The van der Waals surface area contributed by atoms with Gasteiger partial charge in [0.2, 0.25) is 0 Å². The Hall–Kier alpha value is -2.30. The second kappa shape index (κ2) is 4.48. The first-order valence-corrected chi connectivity index (χ1v) is 4.03. The summed E-state index contributed by atoms with van der Waals surface area (Å²) in [6.45, 7) is 0. The summed E-state index contributed by atoms with van der Waals surface area (Å²) in [7, 11) is 0. The number of H-pyrrole nitrogens is 1. The number of halogens is 2. The van der Waals surface area contributed by atoms with Gasteiger partial charge in [0.05, 0.1) is 18.1 Å². The Balaban J connectivity index is 3.55. The van der Waals surface area contributed by atoms with Crippen molar-refractivity contribution in [3.63, 3.8) is 0 Å². The Bertz CT molecular complexity index is 518. The third-order valence-corrected chi connectivity index (χ3v) is 1.84. The van der Waals surface area contributed by atoms with Gasteiger partial charge >= 0.3 is 11.4 Å². The highest BCUT2D eigenvalue weighted by Gasteiger charge is 2.23. The number of hydrogen-bond acceptors (Lipinski definition) is 4. The first kappa shape index (κ1) is 11.8. The highest BCUT2D eigenvalue weighted by atomic mass is 19.3. The van der Waals surface area contributed by atoms with E-state index in [0.717, 1.165) is 0 Å². The fourth-order valence-corrected chi connectivity index (χ4v) is 1.21. The summed E-state index contributed by atoms with van der Waals surface area (Å²) in [5.41, 5.74) is -2.23. The molecule has 0 aliphatic rings. The summed E-state index contributed by atoms with van der Waals surface area (Å²) >= 11 is 0. The van der Waals surface area contributed by atoms with Gasteiger partial charge in [0.1, 0.15) is 0 Å². The van der Waals surface area contributed by atoms with Crippen molar-refractivity contribution < 1.29 is 13.7 Å². The molecule has 84 valence electrons. The van der Waals surface area contributed by atoms with Crippen LogP contribution in [0.4, 0.5) is 14.6 Å². The largest absolute Gasteiger partial charge is 0.358 e. The van der Waals surface area contributed by atoms with Gasteiger partial charge in [-0.1, -0.05) is 0 Å². The zero-order valence-electron chi connectivity index (χ0n) is 7.74. The smallest absolute Gasteiger partial charge is 0.332 e. The molecular formula is C8H5F2N3O3. The molecule has 0 saturated heterocycles. The Labute approximate surface area is 87.3 Å². The zero-order chi connectivity index (χ0) is 12.3. The van der Waals surface area contributed by atoms with E-state index >= 15 is 0 Å². The first-order valence-electron chi connectivity index (χ1n) is 4.03. The van der Waals surface area contributed by atoms with Crippen molar-refractivity contribution in [3.8, 4) is 6.07 Å². The van der Waals surface area contributed by atoms with E-state index in [0.29, 0.717) is 6.07 Å². The molecule has 6 nitrogen and oxygen atoms in total. The standard InChI is InChI=1S/C8H5F2N3O3/c9-7(10)5-3-6(14)12-8(13(15)16)4(5)1-2-11/h3,7H,1H2,(H,12,14). The molecule has 0 aliphatic carbocycles. The molecule has 0 amide bonds. The minimum absolute atomic E-state index is 0.456. The maximum absolute atomic E-state index is 12.5. The van der Waals surface area contributed by atoms with Crippen molar-refractivity contribution in [3.05, 3.63) is 37.7 Å². The van der Waals surface area contributed by atoms with E-state index in [-0.39, 0.29) is 0 Å². The number of nitrogens with zero attached hydrogens (tertiary/aromatic N) is 2. The van der Waals surface area contributed by atoms with Crippen molar-refractivity contribution in [2.24, 2.45) is 0 Å². The molecular weight excluding hydrogens is 224 g/mol. The van der Waals surface area contributed by atoms with Crippen molar-refractivity contribution in [2.75, 3.05) is 0 Å². The monoisotopic (exact) mass is 229 g/mol. The van der Waals surface area contributed by atoms with Crippen LogP contribution >= 0.6 is 0 Å². The molecule has 0 aromatic carbocycles. The lowest BCUT2D eigenvalue weighted by Crippen LogP contribution is -2.13. The molecule has 0 atom stereocenters. The SMILES string of the molecule is N#CCc1c(C(F)F)cc(=O)[nH]c1[N+](=O)[O-]. The molecule has 1 N–H and O–H groups in total. The Morgan fingerprint density at radius 2 is 2.25 bits per heavy atom. The number of pyridine rings is 1. The predicted molar refractivity (Wildman–Crippen MR) is 48.0 cm³/mol. The molecule has 1 aromatic heterocycles. The topological polar surface area (TPSA) is 99.8 Å². The molecule has 16 heavy (non-hydrogen) atoms. The number of aromatic amines is 1. The molecule has 0 saturated carbocycles. The number of nitriles is 1. The molecule has 0 unspecified atom stereocenters. The third-order valence-electron chi connectivity index (χ3n) is 1.84. The van der Waals surface area contributed by atoms with Crippen LogP contribution in [0.1, 0.15) is 17.6 Å². The molecule has 0 aliphatic heterocycles. The number of aromatic nitrogens is 1. The van der Waals surface area contributed by atoms with Crippen LogP contribution in [0.5, 0.6) is 0 Å². The maximum atomic E-state index is 12.5. The van der Waals surface area contributed by atoms with Gasteiger partial charge in [-0.2, -0.15) is 5.26 Å². The van der Waals surface area contributed by atoms with Gasteiger partial charge in [0, 0.05) is 11.6 Å². The number of nitro groups is 1. The zero-order valence-corrected chi connectivity index (χ0v) is 7.74. The summed E-state index contributed by atoms with van der Waals surface area (Å²) in [5.74, 6) is -0.857. The normalized spacial score (nSPS) is 10.1. The molecule has 0 spiro atoms. The van der Waals surface area contributed by atoms with E-state index in [9.17, 15) is 23.7 Å². The molecule has 0 fully saturated rings. The van der Waals surface area contributed by atoms with Crippen molar-refractivity contribution >= 4 is 5.82 Å². The highest BCUT2D eigenvalue weighted by molar-refractivity contribution is 5.41. The van der Waals surface area contributed by atoms with Gasteiger partial charge in [-0.25, -0.2) is 18.6 Å². The molecule has 1 aromatic rings. The van der Waals surface area contributed by atoms with Gasteiger partial charge in [0.15, 0.2) is 0 Å². The molecule has 8 heteroatoms. The van der Waals surface area contributed by atoms with Crippen molar-refractivity contribution in [1.82, 2.24) is 4.98 Å². The second-order valence-corrected chi connectivity index (χ2v) is 2.81. The summed E-state index contributed by atoms with van der Waals surface area (Å²) < 4.78 is 25.0. The van der Waals surface area contributed by atoms with E-state index in [1.54, 1.807) is 0 Å². The van der Waals surface area contributed by atoms with Crippen LogP contribution in [0.25, 0.3) is 0 Å². The second-order valence-electron chi connectivity index (χ2n) is 2.81. The molecule has 1 heterocycles. The Morgan fingerprint density at radius 3 is 2.69 bits per heavy atom. The van der Waals surface area contributed by atoms with Crippen LogP contribution in [0.15, 0.2) is 10.9 Å². The number of rotatable bonds is 3. The molecule has 0 bridgehead atoms. The minimum atomic E-state index is -3.04. The fraction of sp³-hybridized carbons (Fsp3) is 0.250. The fourth-order valence-electron chi connectivity index (χ4n) is 1.21. The van der Waals surface area contributed by atoms with E-state index in [1.165, 1.54) is 6.07 Å². The first-order chi connectivity index (χ1) is 7.47. The van der Waals surface area contributed by atoms with Crippen LogP contribution in [-0.4, -0.2) is 9.91 Å². The number of nitrogens with one attached hydrogen (secondary N) is 1.